The fraction of sp³-hybridized carbons (Fsp3) is 0.227. The number of amides is 3. The molecule has 7 heteroatoms. The minimum atomic E-state index is -0.342. The van der Waals surface area contributed by atoms with Crippen molar-refractivity contribution in [3.8, 4) is 5.75 Å². The molecule has 1 saturated heterocycles. The third kappa shape index (κ3) is 5.71. The van der Waals surface area contributed by atoms with Gasteiger partial charge < -0.3 is 10.1 Å². The summed E-state index contributed by atoms with van der Waals surface area (Å²) in [5, 5.41) is 2.33. The lowest BCUT2D eigenvalue weighted by atomic mass is 10.1. The summed E-state index contributed by atoms with van der Waals surface area (Å²) < 4.78 is 5.43. The first-order chi connectivity index (χ1) is 13.9. The standard InChI is InChI=1S/C22H22N2O4S/c1-15-6-8-17(9-7-15)13-19-21(26)24(22(27)29-19)11-10-23-20(25)14-28-18-5-3-4-16(2)12-18/h3-9,12-13H,10-11,14H2,1-2H3,(H,23,25)/b19-13-. The van der Waals surface area contributed by atoms with E-state index < -0.39 is 0 Å². The summed E-state index contributed by atoms with van der Waals surface area (Å²) in [7, 11) is 0. The second-order valence-electron chi connectivity index (χ2n) is 6.70. The Balaban J connectivity index is 1.47. The predicted octanol–water partition coefficient (Wildman–Crippen LogP) is 3.53. The minimum absolute atomic E-state index is 0.117. The van der Waals surface area contributed by atoms with E-state index in [-0.39, 0.29) is 36.7 Å². The molecule has 1 fully saturated rings. The van der Waals surface area contributed by atoms with E-state index in [1.54, 1.807) is 12.1 Å². The number of aryl methyl sites for hydroxylation is 2. The highest BCUT2D eigenvalue weighted by Gasteiger charge is 2.34. The van der Waals surface area contributed by atoms with Crippen LogP contribution in [-0.2, 0) is 9.59 Å². The number of imide groups is 1. The fourth-order valence-electron chi connectivity index (χ4n) is 2.72. The highest BCUT2D eigenvalue weighted by molar-refractivity contribution is 8.18. The summed E-state index contributed by atoms with van der Waals surface area (Å²) in [6, 6.07) is 15.1. The van der Waals surface area contributed by atoms with Crippen molar-refractivity contribution in [3.05, 3.63) is 70.1 Å². The summed E-state index contributed by atoms with van der Waals surface area (Å²) >= 11 is 0.910. The van der Waals surface area contributed by atoms with Crippen molar-refractivity contribution in [2.75, 3.05) is 19.7 Å². The van der Waals surface area contributed by atoms with Crippen LogP contribution in [0, 0.1) is 13.8 Å². The van der Waals surface area contributed by atoms with Crippen molar-refractivity contribution in [1.29, 1.82) is 0 Å². The van der Waals surface area contributed by atoms with Crippen LogP contribution in [0.2, 0.25) is 0 Å². The van der Waals surface area contributed by atoms with Gasteiger partial charge in [-0.2, -0.15) is 0 Å². The van der Waals surface area contributed by atoms with Crippen LogP contribution in [0.3, 0.4) is 0 Å². The smallest absolute Gasteiger partial charge is 0.293 e. The molecule has 0 aliphatic carbocycles. The zero-order valence-corrected chi connectivity index (χ0v) is 17.1. The molecule has 1 N–H and O–H groups in total. The van der Waals surface area contributed by atoms with E-state index in [4.69, 9.17) is 4.74 Å². The van der Waals surface area contributed by atoms with Gasteiger partial charge in [-0.3, -0.25) is 19.3 Å². The lowest BCUT2D eigenvalue weighted by Crippen LogP contribution is -2.38. The molecular weight excluding hydrogens is 388 g/mol. The number of ether oxygens (including phenoxy) is 1. The van der Waals surface area contributed by atoms with E-state index in [1.165, 1.54) is 0 Å². The van der Waals surface area contributed by atoms with Crippen LogP contribution in [0.15, 0.2) is 53.4 Å². The quantitative estimate of drug-likeness (QED) is 0.707. The third-order valence-corrected chi connectivity index (χ3v) is 5.17. The molecule has 0 aromatic heterocycles. The van der Waals surface area contributed by atoms with Crippen molar-refractivity contribution in [2.45, 2.75) is 13.8 Å². The topological polar surface area (TPSA) is 75.7 Å². The molecule has 6 nitrogen and oxygen atoms in total. The van der Waals surface area contributed by atoms with Crippen molar-refractivity contribution >= 4 is 34.9 Å². The van der Waals surface area contributed by atoms with Gasteiger partial charge in [-0.1, -0.05) is 42.0 Å². The summed E-state index contributed by atoms with van der Waals surface area (Å²) in [6.45, 7) is 4.09. The van der Waals surface area contributed by atoms with Crippen LogP contribution in [0.5, 0.6) is 5.75 Å². The van der Waals surface area contributed by atoms with Crippen LogP contribution in [-0.4, -0.2) is 41.6 Å². The number of carbonyl (C=O) groups is 3. The molecule has 3 amide bonds. The molecule has 2 aromatic rings. The number of rotatable bonds is 7. The molecule has 0 spiro atoms. The molecule has 0 unspecified atom stereocenters. The maximum absolute atomic E-state index is 12.5. The van der Waals surface area contributed by atoms with Crippen molar-refractivity contribution in [1.82, 2.24) is 10.2 Å². The number of thioether (sulfide) groups is 1. The van der Waals surface area contributed by atoms with Gasteiger partial charge in [0.25, 0.3) is 17.1 Å². The summed E-state index contributed by atoms with van der Waals surface area (Å²) in [6.07, 6.45) is 1.71. The number of nitrogens with one attached hydrogen (secondary N) is 1. The molecule has 150 valence electrons. The fourth-order valence-corrected chi connectivity index (χ4v) is 3.58. The zero-order chi connectivity index (χ0) is 20.8. The first-order valence-corrected chi connectivity index (χ1v) is 10.0. The number of hydrogen-bond acceptors (Lipinski definition) is 5. The Hall–Kier alpha value is -3.06. The SMILES string of the molecule is Cc1ccc(/C=C2\SC(=O)N(CCNC(=O)COc3cccc(C)c3)C2=O)cc1. The molecule has 2 aromatic carbocycles. The summed E-state index contributed by atoms with van der Waals surface area (Å²) in [4.78, 5) is 38.1. The van der Waals surface area contributed by atoms with Gasteiger partial charge in [-0.15, -0.1) is 0 Å². The van der Waals surface area contributed by atoms with E-state index in [0.29, 0.717) is 10.7 Å². The molecule has 0 atom stereocenters. The van der Waals surface area contributed by atoms with Crippen LogP contribution >= 0.6 is 11.8 Å². The van der Waals surface area contributed by atoms with Crippen molar-refractivity contribution in [2.24, 2.45) is 0 Å². The number of nitrogens with zero attached hydrogens (tertiary/aromatic N) is 1. The molecule has 0 saturated carbocycles. The van der Waals surface area contributed by atoms with Gasteiger partial charge in [0.05, 0.1) is 4.91 Å². The van der Waals surface area contributed by atoms with Crippen LogP contribution < -0.4 is 10.1 Å². The van der Waals surface area contributed by atoms with Gasteiger partial charge in [-0.05, 0) is 54.9 Å². The Labute approximate surface area is 173 Å². The molecule has 0 radical (unpaired) electrons. The Morgan fingerprint density at radius 2 is 1.86 bits per heavy atom. The van der Waals surface area contributed by atoms with E-state index in [2.05, 4.69) is 5.32 Å². The monoisotopic (exact) mass is 410 g/mol. The van der Waals surface area contributed by atoms with Gasteiger partial charge in [0.2, 0.25) is 0 Å². The second-order valence-corrected chi connectivity index (χ2v) is 7.69. The zero-order valence-electron chi connectivity index (χ0n) is 16.3. The molecular formula is C22H22N2O4S. The van der Waals surface area contributed by atoms with Gasteiger partial charge in [0.1, 0.15) is 5.75 Å². The van der Waals surface area contributed by atoms with Gasteiger partial charge in [0.15, 0.2) is 6.61 Å². The Morgan fingerprint density at radius 1 is 1.10 bits per heavy atom. The van der Waals surface area contributed by atoms with Crippen LogP contribution in [0.4, 0.5) is 4.79 Å². The minimum Gasteiger partial charge on any atom is -0.484 e. The van der Waals surface area contributed by atoms with E-state index in [9.17, 15) is 14.4 Å². The molecule has 1 aliphatic heterocycles. The largest absolute Gasteiger partial charge is 0.484 e. The molecule has 1 aliphatic rings. The average molecular weight is 410 g/mol. The first-order valence-electron chi connectivity index (χ1n) is 9.20. The van der Waals surface area contributed by atoms with E-state index in [1.807, 2.05) is 56.3 Å². The predicted molar refractivity (Wildman–Crippen MR) is 114 cm³/mol. The van der Waals surface area contributed by atoms with Gasteiger partial charge >= 0.3 is 0 Å². The molecule has 0 bridgehead atoms. The highest BCUT2D eigenvalue weighted by atomic mass is 32.2. The van der Waals surface area contributed by atoms with Gasteiger partial charge in [0, 0.05) is 13.1 Å². The summed E-state index contributed by atoms with van der Waals surface area (Å²) in [5.74, 6) is -0.0353. The summed E-state index contributed by atoms with van der Waals surface area (Å²) in [5.41, 5.74) is 3.03. The maximum atomic E-state index is 12.5. The normalized spacial score (nSPS) is 15.1. The molecule has 3 rings (SSSR count). The second kappa shape index (κ2) is 9.43. The Kier molecular flexibility index (Phi) is 6.72. The number of carbonyl (C=O) groups excluding carboxylic acids is 3. The Morgan fingerprint density at radius 3 is 2.59 bits per heavy atom. The van der Waals surface area contributed by atoms with Crippen molar-refractivity contribution < 1.29 is 19.1 Å². The van der Waals surface area contributed by atoms with Crippen LogP contribution in [0.1, 0.15) is 16.7 Å². The number of hydrogen-bond donors (Lipinski definition) is 1. The molecule has 1 heterocycles. The number of benzene rings is 2. The first kappa shape index (κ1) is 20.7. The average Bonchev–Trinajstić information content (AvgIpc) is 2.95. The lowest BCUT2D eigenvalue weighted by molar-refractivity contribution is -0.125. The van der Waals surface area contributed by atoms with E-state index >= 15 is 0 Å². The Bertz CT molecular complexity index is 954. The lowest BCUT2D eigenvalue weighted by Gasteiger charge is -2.13. The van der Waals surface area contributed by atoms with Crippen LogP contribution in [0.25, 0.3) is 6.08 Å². The molecule has 29 heavy (non-hydrogen) atoms. The highest BCUT2D eigenvalue weighted by Crippen LogP contribution is 2.31. The third-order valence-electron chi connectivity index (χ3n) is 4.27. The van der Waals surface area contributed by atoms with Gasteiger partial charge in [-0.25, -0.2) is 0 Å². The van der Waals surface area contributed by atoms with E-state index in [0.717, 1.165) is 33.4 Å². The maximum Gasteiger partial charge on any atom is 0.293 e. The van der Waals surface area contributed by atoms with Crippen molar-refractivity contribution in [3.63, 3.8) is 0 Å².